The minimum Gasteiger partial charge on any atom is -0.354 e. The molecule has 3 aromatic rings. The molecular weight excluding hydrogens is 208 g/mol. The summed E-state index contributed by atoms with van der Waals surface area (Å²) in [5, 5.41) is 1.21. The van der Waals surface area contributed by atoms with Crippen LogP contribution in [0.5, 0.6) is 0 Å². The molecule has 0 saturated carbocycles. The van der Waals surface area contributed by atoms with E-state index in [4.69, 9.17) is 0 Å². The van der Waals surface area contributed by atoms with Crippen molar-refractivity contribution in [2.75, 3.05) is 0 Å². The van der Waals surface area contributed by atoms with E-state index in [1.807, 2.05) is 48.7 Å². The standard InChI is InChI=1S/C15H12N2/c1-2-7-13(8-3-1)16-11-14-10-12-6-4-5-9-15(12)17-14/h1-11,17H/b16-11+. The number of para-hydroxylation sites is 2. The zero-order chi connectivity index (χ0) is 11.5. The molecule has 0 radical (unpaired) electrons. The number of benzene rings is 2. The summed E-state index contributed by atoms with van der Waals surface area (Å²) in [7, 11) is 0. The highest BCUT2D eigenvalue weighted by atomic mass is 14.8. The number of nitrogens with one attached hydrogen (secondary N) is 1. The van der Waals surface area contributed by atoms with E-state index in [1.54, 1.807) is 0 Å². The van der Waals surface area contributed by atoms with Crippen molar-refractivity contribution < 1.29 is 0 Å². The average Bonchev–Trinajstić information content (AvgIpc) is 2.80. The molecule has 1 heterocycles. The van der Waals surface area contributed by atoms with Crippen LogP contribution in [0.15, 0.2) is 65.7 Å². The van der Waals surface area contributed by atoms with Crippen molar-refractivity contribution in [1.29, 1.82) is 0 Å². The molecule has 3 rings (SSSR count). The van der Waals surface area contributed by atoms with Gasteiger partial charge in [-0.25, -0.2) is 0 Å². The molecule has 2 nitrogen and oxygen atoms in total. The lowest BCUT2D eigenvalue weighted by atomic mass is 10.2. The van der Waals surface area contributed by atoms with Crippen molar-refractivity contribution in [3.05, 3.63) is 66.4 Å². The highest BCUT2D eigenvalue weighted by Gasteiger charge is 1.96. The van der Waals surface area contributed by atoms with Gasteiger partial charge in [-0.15, -0.1) is 0 Å². The van der Waals surface area contributed by atoms with Crippen molar-refractivity contribution in [2.45, 2.75) is 0 Å². The summed E-state index contributed by atoms with van der Waals surface area (Å²) >= 11 is 0. The summed E-state index contributed by atoms with van der Waals surface area (Å²) in [6.45, 7) is 0. The molecule has 0 bridgehead atoms. The fraction of sp³-hybridized carbons (Fsp3) is 0. The predicted molar refractivity (Wildman–Crippen MR) is 72.0 cm³/mol. The second-order valence-electron chi connectivity index (χ2n) is 3.91. The van der Waals surface area contributed by atoms with Crippen LogP contribution >= 0.6 is 0 Å². The normalized spacial score (nSPS) is 11.3. The van der Waals surface area contributed by atoms with E-state index in [2.05, 4.69) is 28.2 Å². The first-order valence-corrected chi connectivity index (χ1v) is 5.59. The largest absolute Gasteiger partial charge is 0.354 e. The zero-order valence-corrected chi connectivity index (χ0v) is 9.30. The van der Waals surface area contributed by atoms with Crippen LogP contribution in [-0.4, -0.2) is 11.2 Å². The van der Waals surface area contributed by atoms with Crippen LogP contribution < -0.4 is 0 Å². The van der Waals surface area contributed by atoms with Gasteiger partial charge in [-0.1, -0.05) is 36.4 Å². The van der Waals surface area contributed by atoms with Gasteiger partial charge < -0.3 is 4.98 Å². The van der Waals surface area contributed by atoms with E-state index in [0.29, 0.717) is 0 Å². The summed E-state index contributed by atoms with van der Waals surface area (Å²) < 4.78 is 0. The van der Waals surface area contributed by atoms with Crippen LogP contribution in [0.4, 0.5) is 5.69 Å². The molecule has 0 aliphatic heterocycles. The Morgan fingerprint density at radius 2 is 1.65 bits per heavy atom. The van der Waals surface area contributed by atoms with E-state index in [-0.39, 0.29) is 0 Å². The topological polar surface area (TPSA) is 28.1 Å². The predicted octanol–water partition coefficient (Wildman–Crippen LogP) is 3.92. The Balaban J connectivity index is 1.92. The lowest BCUT2D eigenvalue weighted by Gasteiger charge is -1.90. The molecule has 0 amide bonds. The van der Waals surface area contributed by atoms with Crippen LogP contribution in [-0.2, 0) is 0 Å². The number of fused-ring (bicyclic) bond motifs is 1. The molecule has 2 aromatic carbocycles. The molecule has 0 atom stereocenters. The molecule has 1 N–H and O–H groups in total. The molecule has 2 heteroatoms. The number of aromatic amines is 1. The van der Waals surface area contributed by atoms with Crippen molar-refractivity contribution >= 4 is 22.8 Å². The lowest BCUT2D eigenvalue weighted by Crippen LogP contribution is -1.78. The van der Waals surface area contributed by atoms with Crippen molar-refractivity contribution in [1.82, 2.24) is 4.98 Å². The summed E-state index contributed by atoms with van der Waals surface area (Å²) in [5.74, 6) is 0. The summed E-state index contributed by atoms with van der Waals surface area (Å²) in [6, 6.07) is 20.2. The number of aliphatic imine (C=N–C) groups is 1. The van der Waals surface area contributed by atoms with Gasteiger partial charge in [-0.2, -0.15) is 0 Å². The van der Waals surface area contributed by atoms with Gasteiger partial charge >= 0.3 is 0 Å². The number of H-pyrrole nitrogens is 1. The number of aromatic nitrogens is 1. The molecule has 0 unspecified atom stereocenters. The second-order valence-corrected chi connectivity index (χ2v) is 3.91. The smallest absolute Gasteiger partial charge is 0.0630 e. The van der Waals surface area contributed by atoms with E-state index in [9.17, 15) is 0 Å². The lowest BCUT2D eigenvalue weighted by molar-refractivity contribution is 1.42. The number of rotatable bonds is 2. The Bertz CT molecular complexity index is 618. The SMILES string of the molecule is C(=N\c1ccccc1)/c1cc2ccccc2[nH]1. The Hall–Kier alpha value is -2.35. The fourth-order valence-electron chi connectivity index (χ4n) is 1.82. The van der Waals surface area contributed by atoms with Gasteiger partial charge in [0, 0.05) is 10.9 Å². The van der Waals surface area contributed by atoms with Crippen LogP contribution in [0.3, 0.4) is 0 Å². The maximum absolute atomic E-state index is 4.42. The van der Waals surface area contributed by atoms with E-state index < -0.39 is 0 Å². The van der Waals surface area contributed by atoms with Gasteiger partial charge in [0.2, 0.25) is 0 Å². The maximum atomic E-state index is 4.42. The Morgan fingerprint density at radius 3 is 2.47 bits per heavy atom. The molecule has 17 heavy (non-hydrogen) atoms. The van der Waals surface area contributed by atoms with E-state index >= 15 is 0 Å². The van der Waals surface area contributed by atoms with Crippen LogP contribution in [0.2, 0.25) is 0 Å². The Morgan fingerprint density at radius 1 is 0.882 bits per heavy atom. The molecule has 0 saturated heterocycles. The Labute approximate surface area is 99.6 Å². The molecular formula is C15H12N2. The Kier molecular flexibility index (Phi) is 2.47. The third-order valence-corrected chi connectivity index (χ3v) is 2.66. The van der Waals surface area contributed by atoms with Crippen molar-refractivity contribution in [3.63, 3.8) is 0 Å². The number of nitrogens with zero attached hydrogens (tertiary/aromatic N) is 1. The molecule has 82 valence electrons. The van der Waals surface area contributed by atoms with Crippen LogP contribution in [0.1, 0.15) is 5.69 Å². The molecule has 1 aromatic heterocycles. The van der Waals surface area contributed by atoms with Gasteiger partial charge in [0.15, 0.2) is 0 Å². The maximum Gasteiger partial charge on any atom is 0.0630 e. The zero-order valence-electron chi connectivity index (χ0n) is 9.30. The average molecular weight is 220 g/mol. The van der Waals surface area contributed by atoms with Gasteiger partial charge in [0.25, 0.3) is 0 Å². The first-order valence-electron chi connectivity index (χ1n) is 5.59. The van der Waals surface area contributed by atoms with Gasteiger partial charge in [0.1, 0.15) is 0 Å². The van der Waals surface area contributed by atoms with E-state index in [0.717, 1.165) is 16.9 Å². The van der Waals surface area contributed by atoms with Gasteiger partial charge in [-0.05, 0) is 24.3 Å². The quantitative estimate of drug-likeness (QED) is 0.634. The minimum atomic E-state index is 0.964. The minimum absolute atomic E-state index is 0.964. The monoisotopic (exact) mass is 220 g/mol. The van der Waals surface area contributed by atoms with Gasteiger partial charge in [-0.3, -0.25) is 4.99 Å². The third-order valence-electron chi connectivity index (χ3n) is 2.66. The molecule has 0 fully saturated rings. The summed E-state index contributed by atoms with van der Waals surface area (Å²) in [6.07, 6.45) is 1.86. The highest BCUT2D eigenvalue weighted by Crippen LogP contribution is 2.14. The fourth-order valence-corrected chi connectivity index (χ4v) is 1.82. The summed E-state index contributed by atoms with van der Waals surface area (Å²) in [4.78, 5) is 7.73. The number of hydrogen-bond donors (Lipinski definition) is 1. The highest BCUT2D eigenvalue weighted by molar-refractivity contribution is 5.90. The molecule has 0 aliphatic carbocycles. The van der Waals surface area contributed by atoms with Gasteiger partial charge in [0.05, 0.1) is 17.6 Å². The van der Waals surface area contributed by atoms with Crippen LogP contribution in [0.25, 0.3) is 10.9 Å². The van der Waals surface area contributed by atoms with E-state index in [1.165, 1.54) is 5.39 Å². The van der Waals surface area contributed by atoms with Crippen molar-refractivity contribution in [3.8, 4) is 0 Å². The third kappa shape index (κ3) is 2.11. The molecule has 0 spiro atoms. The van der Waals surface area contributed by atoms with Crippen LogP contribution in [0, 0.1) is 0 Å². The summed E-state index contributed by atoms with van der Waals surface area (Å²) in [5.41, 5.74) is 3.13. The first kappa shape index (κ1) is 9.85. The first-order chi connectivity index (χ1) is 8.42. The number of hydrogen-bond acceptors (Lipinski definition) is 1. The second kappa shape index (κ2) is 4.26. The molecule has 0 aliphatic rings. The van der Waals surface area contributed by atoms with Crippen molar-refractivity contribution in [2.24, 2.45) is 4.99 Å².